The van der Waals surface area contributed by atoms with Gasteiger partial charge in [0.05, 0.1) is 0 Å². The van der Waals surface area contributed by atoms with Gasteiger partial charge < -0.3 is 9.73 Å². The lowest BCUT2D eigenvalue weighted by Gasteiger charge is -2.19. The topological polar surface area (TPSA) is 51.0 Å². The van der Waals surface area contributed by atoms with E-state index in [0.717, 1.165) is 17.4 Å². The molecule has 4 heteroatoms. The molecule has 0 unspecified atom stereocenters. The zero-order valence-corrected chi connectivity index (χ0v) is 10.7. The van der Waals surface area contributed by atoms with E-state index in [1.54, 1.807) is 0 Å². The number of nitrogens with zero attached hydrogens (tertiary/aromatic N) is 2. The number of hydrogen-bond donors (Lipinski definition) is 1. The van der Waals surface area contributed by atoms with E-state index in [4.69, 9.17) is 4.42 Å². The molecule has 0 spiro atoms. The molecule has 2 aromatic rings. The van der Waals surface area contributed by atoms with E-state index in [1.807, 2.05) is 12.1 Å². The molecule has 0 bridgehead atoms. The summed E-state index contributed by atoms with van der Waals surface area (Å²) in [4.78, 5) is 0. The zero-order chi connectivity index (χ0) is 12.7. The molecular formula is C15H17N3O. The molecule has 1 heterocycles. The van der Waals surface area contributed by atoms with Crippen LogP contribution in [0.1, 0.15) is 25.7 Å². The molecule has 4 rings (SSSR count). The maximum atomic E-state index is 5.25. The number of rotatable bonds is 5. The van der Waals surface area contributed by atoms with Crippen LogP contribution in [0.3, 0.4) is 0 Å². The molecule has 1 N–H and O–H groups in total. The molecule has 0 saturated heterocycles. The third-order valence-corrected chi connectivity index (χ3v) is 4.06. The molecule has 0 atom stereocenters. The van der Waals surface area contributed by atoms with Crippen molar-refractivity contribution < 1.29 is 4.42 Å². The largest absolute Gasteiger partial charge is 0.423 e. The van der Waals surface area contributed by atoms with E-state index in [-0.39, 0.29) is 0 Å². The second-order valence-electron chi connectivity index (χ2n) is 5.67. The van der Waals surface area contributed by atoms with Gasteiger partial charge in [-0.05, 0) is 55.7 Å². The number of nitrogens with one attached hydrogen (secondary N) is 1. The summed E-state index contributed by atoms with van der Waals surface area (Å²) >= 11 is 0. The van der Waals surface area contributed by atoms with E-state index >= 15 is 0 Å². The summed E-state index contributed by atoms with van der Waals surface area (Å²) in [5, 5.41) is 11.4. The quantitative estimate of drug-likeness (QED) is 0.890. The van der Waals surface area contributed by atoms with Gasteiger partial charge in [0.15, 0.2) is 0 Å². The summed E-state index contributed by atoms with van der Waals surface area (Å²) in [7, 11) is 0. The summed E-state index contributed by atoms with van der Waals surface area (Å²) in [5.74, 6) is 2.36. The smallest absolute Gasteiger partial charge is 0.247 e. The molecule has 2 fully saturated rings. The fraction of sp³-hybridized carbons (Fsp3) is 0.467. The molecule has 4 nitrogen and oxygen atoms in total. The summed E-state index contributed by atoms with van der Waals surface area (Å²) in [6, 6.07) is 8.93. The molecule has 0 aliphatic heterocycles. The summed E-state index contributed by atoms with van der Waals surface area (Å²) in [6.07, 6.45) is 6.91. The number of hydrogen-bond acceptors (Lipinski definition) is 4. The number of benzene rings is 1. The van der Waals surface area contributed by atoms with E-state index < -0.39 is 0 Å². The Morgan fingerprint density at radius 1 is 1.16 bits per heavy atom. The molecule has 2 aliphatic carbocycles. The molecular weight excluding hydrogens is 238 g/mol. The first-order chi connectivity index (χ1) is 9.40. The lowest BCUT2D eigenvalue weighted by Crippen LogP contribution is -2.24. The van der Waals surface area contributed by atoms with Gasteiger partial charge in [0, 0.05) is 17.3 Å². The molecule has 0 radical (unpaired) electrons. The Kier molecular flexibility index (Phi) is 2.53. The maximum Gasteiger partial charge on any atom is 0.247 e. The normalized spacial score (nSPS) is 18.8. The highest BCUT2D eigenvalue weighted by Crippen LogP contribution is 2.46. The predicted molar refractivity (Wildman–Crippen MR) is 72.6 cm³/mol. The summed E-state index contributed by atoms with van der Waals surface area (Å²) in [6.45, 7) is 0. The molecule has 1 aromatic carbocycles. The number of anilines is 1. The molecule has 2 aliphatic rings. The van der Waals surface area contributed by atoms with Gasteiger partial charge >= 0.3 is 0 Å². The van der Waals surface area contributed by atoms with E-state index in [0.29, 0.717) is 11.9 Å². The molecule has 98 valence electrons. The fourth-order valence-electron chi connectivity index (χ4n) is 2.76. The third kappa shape index (κ3) is 2.35. The Morgan fingerprint density at radius 3 is 2.58 bits per heavy atom. The van der Waals surface area contributed by atoms with Gasteiger partial charge in [0.1, 0.15) is 0 Å². The van der Waals surface area contributed by atoms with Gasteiger partial charge in [-0.3, -0.25) is 0 Å². The first-order valence-corrected chi connectivity index (χ1v) is 7.03. The minimum absolute atomic E-state index is 0.582. The second-order valence-corrected chi connectivity index (χ2v) is 5.67. The Hall–Kier alpha value is -1.84. The first kappa shape index (κ1) is 11.0. The predicted octanol–water partition coefficient (Wildman–Crippen LogP) is 3.34. The maximum absolute atomic E-state index is 5.25. The van der Waals surface area contributed by atoms with Gasteiger partial charge in [-0.15, -0.1) is 10.2 Å². The molecule has 0 amide bonds. The van der Waals surface area contributed by atoms with Gasteiger partial charge in [0.2, 0.25) is 12.3 Å². The van der Waals surface area contributed by atoms with Crippen LogP contribution in [-0.4, -0.2) is 16.2 Å². The van der Waals surface area contributed by atoms with Crippen molar-refractivity contribution in [1.29, 1.82) is 0 Å². The molecule has 1 aromatic heterocycles. The van der Waals surface area contributed by atoms with Crippen LogP contribution in [-0.2, 0) is 0 Å². The SMILES string of the molecule is c1cc(NC(C2CC2)C2CC2)cc(-c2nnco2)c1. The van der Waals surface area contributed by atoms with Crippen LogP contribution in [0.5, 0.6) is 0 Å². The van der Waals surface area contributed by atoms with Gasteiger partial charge in [-0.1, -0.05) is 6.07 Å². The summed E-state index contributed by atoms with van der Waals surface area (Å²) < 4.78 is 5.25. The standard InChI is InChI=1S/C15H17N3O/c1-2-12(15-18-16-9-19-15)8-13(3-1)17-14(10-4-5-10)11-6-7-11/h1-3,8-11,14,17H,4-7H2. The van der Waals surface area contributed by atoms with Crippen LogP contribution < -0.4 is 5.32 Å². The van der Waals surface area contributed by atoms with E-state index in [9.17, 15) is 0 Å². The Morgan fingerprint density at radius 2 is 1.95 bits per heavy atom. The third-order valence-electron chi connectivity index (χ3n) is 4.06. The summed E-state index contributed by atoms with van der Waals surface area (Å²) in [5.41, 5.74) is 2.15. The lowest BCUT2D eigenvalue weighted by molar-refractivity contribution is 0.566. The van der Waals surface area contributed by atoms with Crippen molar-refractivity contribution in [1.82, 2.24) is 10.2 Å². The van der Waals surface area contributed by atoms with Crippen molar-refractivity contribution in [2.45, 2.75) is 31.7 Å². The van der Waals surface area contributed by atoms with Gasteiger partial charge in [-0.2, -0.15) is 0 Å². The van der Waals surface area contributed by atoms with Gasteiger partial charge in [0.25, 0.3) is 0 Å². The van der Waals surface area contributed by atoms with Crippen molar-refractivity contribution in [2.24, 2.45) is 11.8 Å². The monoisotopic (exact) mass is 255 g/mol. The lowest BCUT2D eigenvalue weighted by atomic mass is 10.1. The Labute approximate surface area is 112 Å². The van der Waals surface area contributed by atoms with Crippen LogP contribution in [0.2, 0.25) is 0 Å². The van der Waals surface area contributed by atoms with Crippen LogP contribution >= 0.6 is 0 Å². The zero-order valence-electron chi connectivity index (χ0n) is 10.7. The average Bonchev–Trinajstić information content (AvgIpc) is 3.36. The fourth-order valence-corrected chi connectivity index (χ4v) is 2.76. The minimum atomic E-state index is 0.582. The van der Waals surface area contributed by atoms with Crippen LogP contribution in [0.25, 0.3) is 11.5 Å². The first-order valence-electron chi connectivity index (χ1n) is 7.03. The van der Waals surface area contributed by atoms with Crippen molar-refractivity contribution in [3.8, 4) is 11.5 Å². The second kappa shape index (κ2) is 4.37. The number of aromatic nitrogens is 2. The van der Waals surface area contributed by atoms with Crippen molar-refractivity contribution >= 4 is 5.69 Å². The molecule has 19 heavy (non-hydrogen) atoms. The highest BCUT2D eigenvalue weighted by Gasteiger charge is 2.41. The highest BCUT2D eigenvalue weighted by atomic mass is 16.4. The highest BCUT2D eigenvalue weighted by molar-refractivity contribution is 5.61. The van der Waals surface area contributed by atoms with Crippen LogP contribution in [0.15, 0.2) is 35.1 Å². The Bertz CT molecular complexity index is 547. The van der Waals surface area contributed by atoms with Crippen molar-refractivity contribution in [3.63, 3.8) is 0 Å². The average molecular weight is 255 g/mol. The van der Waals surface area contributed by atoms with Crippen LogP contribution in [0.4, 0.5) is 5.69 Å². The van der Waals surface area contributed by atoms with Crippen molar-refractivity contribution in [3.05, 3.63) is 30.7 Å². The van der Waals surface area contributed by atoms with Crippen molar-refractivity contribution in [2.75, 3.05) is 5.32 Å². The minimum Gasteiger partial charge on any atom is -0.423 e. The van der Waals surface area contributed by atoms with Gasteiger partial charge in [-0.25, -0.2) is 0 Å². The Balaban J connectivity index is 1.55. The van der Waals surface area contributed by atoms with E-state index in [2.05, 4.69) is 27.6 Å². The van der Waals surface area contributed by atoms with E-state index in [1.165, 1.54) is 37.8 Å². The molecule has 2 saturated carbocycles. The van der Waals surface area contributed by atoms with Crippen LogP contribution in [0, 0.1) is 11.8 Å².